The molecule has 2 aromatic rings. The van der Waals surface area contributed by atoms with Crippen molar-refractivity contribution in [2.75, 3.05) is 0 Å². The molecule has 0 bridgehead atoms. The van der Waals surface area contributed by atoms with E-state index in [1.807, 2.05) is 24.3 Å². The van der Waals surface area contributed by atoms with Crippen LogP contribution in [0.1, 0.15) is 19.0 Å². The van der Waals surface area contributed by atoms with Crippen LogP contribution in [0.3, 0.4) is 0 Å². The average molecular weight is 241 g/mol. The largest absolute Gasteiger partial charge is 0.409 e. The SMILES string of the molecule is CC(=O)Oc1cc(-c2ccccc2)c2n1CCC2. The standard InChI is InChI=1S/C15H15NO2/c1-11(17)18-15-10-13(12-6-3-2-4-7-12)14-8-5-9-16(14)15/h2-4,6-7,10H,5,8-9H2,1H3. The molecule has 1 aromatic carbocycles. The molecule has 0 aliphatic carbocycles. The number of ether oxygens (including phenoxy) is 1. The smallest absolute Gasteiger partial charge is 0.309 e. The zero-order valence-electron chi connectivity index (χ0n) is 10.3. The van der Waals surface area contributed by atoms with Gasteiger partial charge in [0, 0.05) is 30.8 Å². The molecule has 1 aliphatic rings. The highest BCUT2D eigenvalue weighted by Crippen LogP contribution is 2.35. The molecule has 3 rings (SSSR count). The van der Waals surface area contributed by atoms with Crippen LogP contribution < -0.4 is 4.74 Å². The zero-order chi connectivity index (χ0) is 12.5. The molecule has 0 unspecified atom stereocenters. The minimum atomic E-state index is -0.262. The summed E-state index contributed by atoms with van der Waals surface area (Å²) in [4.78, 5) is 11.1. The van der Waals surface area contributed by atoms with Crippen molar-refractivity contribution in [3.05, 3.63) is 42.1 Å². The number of nitrogens with zero attached hydrogens (tertiary/aromatic N) is 1. The number of benzene rings is 1. The predicted octanol–water partition coefficient (Wildman–Crippen LogP) is 3.03. The van der Waals surface area contributed by atoms with Gasteiger partial charge in [-0.2, -0.15) is 0 Å². The van der Waals surface area contributed by atoms with Crippen molar-refractivity contribution in [3.63, 3.8) is 0 Å². The minimum Gasteiger partial charge on any atom is -0.409 e. The predicted molar refractivity (Wildman–Crippen MR) is 69.5 cm³/mol. The lowest BCUT2D eigenvalue weighted by Crippen LogP contribution is -2.06. The lowest BCUT2D eigenvalue weighted by Gasteiger charge is -2.04. The molecule has 0 saturated carbocycles. The molecule has 92 valence electrons. The molecule has 0 saturated heterocycles. The van der Waals surface area contributed by atoms with Gasteiger partial charge in [0.25, 0.3) is 0 Å². The van der Waals surface area contributed by atoms with Gasteiger partial charge in [0.15, 0.2) is 0 Å². The van der Waals surface area contributed by atoms with Crippen LogP contribution in [0.4, 0.5) is 0 Å². The molecule has 3 nitrogen and oxygen atoms in total. The number of esters is 1. The van der Waals surface area contributed by atoms with E-state index in [0.717, 1.165) is 19.4 Å². The topological polar surface area (TPSA) is 31.2 Å². The van der Waals surface area contributed by atoms with Gasteiger partial charge in [-0.05, 0) is 18.4 Å². The van der Waals surface area contributed by atoms with Gasteiger partial charge < -0.3 is 9.30 Å². The van der Waals surface area contributed by atoms with E-state index in [0.29, 0.717) is 5.88 Å². The second-order valence-corrected chi connectivity index (χ2v) is 4.56. The van der Waals surface area contributed by atoms with Crippen LogP contribution >= 0.6 is 0 Å². The first-order valence-corrected chi connectivity index (χ1v) is 6.22. The summed E-state index contributed by atoms with van der Waals surface area (Å²) >= 11 is 0. The summed E-state index contributed by atoms with van der Waals surface area (Å²) < 4.78 is 7.40. The van der Waals surface area contributed by atoms with Crippen molar-refractivity contribution in [3.8, 4) is 17.0 Å². The van der Waals surface area contributed by atoms with Gasteiger partial charge in [-0.25, -0.2) is 0 Å². The van der Waals surface area contributed by atoms with Gasteiger partial charge in [0.05, 0.1) is 0 Å². The highest BCUT2D eigenvalue weighted by atomic mass is 16.5. The fourth-order valence-electron chi connectivity index (χ4n) is 2.58. The van der Waals surface area contributed by atoms with Crippen LogP contribution in [0.25, 0.3) is 11.1 Å². The first-order chi connectivity index (χ1) is 8.75. The number of rotatable bonds is 2. The van der Waals surface area contributed by atoms with Crippen molar-refractivity contribution in [2.24, 2.45) is 0 Å². The summed E-state index contributed by atoms with van der Waals surface area (Å²) in [5.74, 6) is 0.413. The Kier molecular flexibility index (Phi) is 2.67. The number of fused-ring (bicyclic) bond motifs is 1. The highest BCUT2D eigenvalue weighted by molar-refractivity contribution is 5.73. The molecule has 1 aromatic heterocycles. The van der Waals surface area contributed by atoms with Crippen LogP contribution in [-0.4, -0.2) is 10.5 Å². The Morgan fingerprint density at radius 1 is 1.28 bits per heavy atom. The Balaban J connectivity index is 2.09. The van der Waals surface area contributed by atoms with E-state index in [4.69, 9.17) is 4.74 Å². The molecule has 0 fully saturated rings. The lowest BCUT2D eigenvalue weighted by atomic mass is 10.0. The van der Waals surface area contributed by atoms with Crippen LogP contribution in [0.15, 0.2) is 36.4 Å². The van der Waals surface area contributed by atoms with Crippen molar-refractivity contribution < 1.29 is 9.53 Å². The Morgan fingerprint density at radius 2 is 2.06 bits per heavy atom. The van der Waals surface area contributed by atoms with E-state index < -0.39 is 0 Å². The second-order valence-electron chi connectivity index (χ2n) is 4.56. The van der Waals surface area contributed by atoms with Crippen molar-refractivity contribution >= 4 is 5.97 Å². The third kappa shape index (κ3) is 1.82. The highest BCUT2D eigenvalue weighted by Gasteiger charge is 2.22. The third-order valence-electron chi connectivity index (χ3n) is 3.30. The molecule has 0 amide bonds. The van der Waals surface area contributed by atoms with Gasteiger partial charge >= 0.3 is 5.97 Å². The fraction of sp³-hybridized carbons (Fsp3) is 0.267. The van der Waals surface area contributed by atoms with Gasteiger partial charge in [-0.15, -0.1) is 0 Å². The van der Waals surface area contributed by atoms with Gasteiger partial charge in [0.2, 0.25) is 5.88 Å². The van der Waals surface area contributed by atoms with Crippen LogP contribution in [0.5, 0.6) is 5.88 Å². The summed E-state index contributed by atoms with van der Waals surface area (Å²) in [5.41, 5.74) is 3.64. The molecular weight excluding hydrogens is 226 g/mol. The summed E-state index contributed by atoms with van der Waals surface area (Å²) in [7, 11) is 0. The fourth-order valence-corrected chi connectivity index (χ4v) is 2.58. The van der Waals surface area contributed by atoms with Crippen LogP contribution in [0.2, 0.25) is 0 Å². The van der Waals surface area contributed by atoms with Crippen LogP contribution in [0, 0.1) is 0 Å². The van der Waals surface area contributed by atoms with Crippen LogP contribution in [-0.2, 0) is 17.8 Å². The van der Waals surface area contributed by atoms with Crippen molar-refractivity contribution in [2.45, 2.75) is 26.3 Å². The molecule has 0 spiro atoms. The molecule has 18 heavy (non-hydrogen) atoms. The molecule has 0 atom stereocenters. The maximum atomic E-state index is 11.1. The van der Waals surface area contributed by atoms with Crippen molar-refractivity contribution in [1.29, 1.82) is 0 Å². The number of hydrogen-bond donors (Lipinski definition) is 0. The summed E-state index contributed by atoms with van der Waals surface area (Å²) in [5, 5.41) is 0. The minimum absolute atomic E-state index is 0.262. The van der Waals surface area contributed by atoms with E-state index in [1.54, 1.807) is 0 Å². The maximum absolute atomic E-state index is 11.1. The second kappa shape index (κ2) is 4.33. The molecular formula is C15H15NO2. The Labute approximate surface area is 106 Å². The molecule has 3 heteroatoms. The van der Waals surface area contributed by atoms with Gasteiger partial charge in [0.1, 0.15) is 0 Å². The van der Waals surface area contributed by atoms with Gasteiger partial charge in [-0.3, -0.25) is 4.79 Å². The van der Waals surface area contributed by atoms with E-state index >= 15 is 0 Å². The average Bonchev–Trinajstić information content (AvgIpc) is 2.93. The normalized spacial score (nSPS) is 13.4. The monoisotopic (exact) mass is 241 g/mol. The van der Waals surface area contributed by atoms with E-state index in [-0.39, 0.29) is 5.97 Å². The maximum Gasteiger partial charge on any atom is 0.309 e. The Hall–Kier alpha value is -2.03. The number of carbonyl (C=O) groups is 1. The quantitative estimate of drug-likeness (QED) is 0.757. The van der Waals surface area contributed by atoms with E-state index in [2.05, 4.69) is 16.7 Å². The Morgan fingerprint density at radius 3 is 2.78 bits per heavy atom. The van der Waals surface area contributed by atoms with E-state index in [1.165, 1.54) is 23.7 Å². The first-order valence-electron chi connectivity index (χ1n) is 6.22. The number of carbonyl (C=O) groups excluding carboxylic acids is 1. The number of aromatic nitrogens is 1. The Bertz CT molecular complexity index is 584. The summed E-state index contributed by atoms with van der Waals surface area (Å²) in [6.07, 6.45) is 2.16. The molecule has 2 heterocycles. The number of hydrogen-bond acceptors (Lipinski definition) is 2. The molecule has 0 radical (unpaired) electrons. The zero-order valence-corrected chi connectivity index (χ0v) is 10.3. The van der Waals surface area contributed by atoms with E-state index in [9.17, 15) is 4.79 Å². The van der Waals surface area contributed by atoms with Crippen molar-refractivity contribution in [1.82, 2.24) is 4.57 Å². The molecule has 1 aliphatic heterocycles. The third-order valence-corrected chi connectivity index (χ3v) is 3.30. The van der Waals surface area contributed by atoms with Gasteiger partial charge in [-0.1, -0.05) is 30.3 Å². The lowest BCUT2D eigenvalue weighted by molar-refractivity contribution is -0.132. The summed E-state index contributed by atoms with van der Waals surface area (Å²) in [6, 6.07) is 12.2. The molecule has 0 N–H and O–H groups in total. The first kappa shape index (κ1) is 11.1. The summed E-state index contributed by atoms with van der Waals surface area (Å²) in [6.45, 7) is 2.38.